The Morgan fingerprint density at radius 3 is 2.69 bits per heavy atom. The number of carboxylic acids is 1. The Labute approximate surface area is 151 Å². The molecule has 2 aromatic rings. The Bertz CT molecular complexity index is 861. The first-order valence-electron chi connectivity index (χ1n) is 8.52. The van der Waals surface area contributed by atoms with E-state index in [-0.39, 0.29) is 12.5 Å². The number of nitrogens with zero attached hydrogens (tertiary/aromatic N) is 2. The molecule has 0 saturated heterocycles. The van der Waals surface area contributed by atoms with Gasteiger partial charge in [-0.05, 0) is 47.6 Å². The molecule has 1 aliphatic heterocycles. The first-order chi connectivity index (χ1) is 12.6. The fourth-order valence-corrected chi connectivity index (χ4v) is 3.26. The van der Waals surface area contributed by atoms with Crippen molar-refractivity contribution in [2.45, 2.75) is 19.3 Å². The molecule has 0 unspecified atom stereocenters. The maximum Gasteiger partial charge on any atom is 0.323 e. The zero-order valence-electron chi connectivity index (χ0n) is 14.4. The predicted octanol–water partition coefficient (Wildman–Crippen LogP) is 1.85. The number of amides is 1. The van der Waals surface area contributed by atoms with E-state index in [4.69, 9.17) is 10.9 Å². The van der Waals surface area contributed by atoms with Crippen molar-refractivity contribution in [2.75, 3.05) is 13.1 Å². The summed E-state index contributed by atoms with van der Waals surface area (Å²) in [5.41, 5.74) is 4.95. The molecule has 6 heteroatoms. The fourth-order valence-electron chi connectivity index (χ4n) is 3.26. The Morgan fingerprint density at radius 2 is 1.96 bits per heavy atom. The van der Waals surface area contributed by atoms with Crippen LogP contribution in [-0.2, 0) is 24.1 Å². The lowest BCUT2D eigenvalue weighted by molar-refractivity contribution is -0.137. The highest BCUT2D eigenvalue weighted by molar-refractivity contribution is 5.98. The third-order valence-electron chi connectivity index (χ3n) is 4.54. The number of hydrogen-bond donors (Lipinski definition) is 2. The average molecular weight is 351 g/mol. The molecule has 0 saturated carbocycles. The van der Waals surface area contributed by atoms with E-state index in [0.717, 1.165) is 24.0 Å². The predicted molar refractivity (Wildman–Crippen MR) is 99.3 cm³/mol. The monoisotopic (exact) mass is 351 g/mol. The lowest BCUT2D eigenvalue weighted by Gasteiger charge is -2.27. The summed E-state index contributed by atoms with van der Waals surface area (Å²) in [4.78, 5) is 24.6. The molecule has 3 N–H and O–H groups in total. The minimum atomic E-state index is -0.986. The number of hydrogen-bond acceptors (Lipinski definition) is 4. The van der Waals surface area contributed by atoms with Gasteiger partial charge in [-0.25, -0.2) is 0 Å². The van der Waals surface area contributed by atoms with Crippen LogP contribution in [0.3, 0.4) is 0 Å². The molecule has 1 heterocycles. The second-order valence-corrected chi connectivity index (χ2v) is 6.39. The summed E-state index contributed by atoms with van der Waals surface area (Å²) >= 11 is 0. The van der Waals surface area contributed by atoms with E-state index in [1.54, 1.807) is 6.21 Å². The first kappa shape index (κ1) is 17.7. The van der Waals surface area contributed by atoms with Gasteiger partial charge in [0.05, 0.1) is 6.21 Å². The second-order valence-electron chi connectivity index (χ2n) is 6.39. The summed E-state index contributed by atoms with van der Waals surface area (Å²) in [6.07, 6.45) is 4.05. The molecule has 3 rings (SSSR count). The second kappa shape index (κ2) is 7.82. The molecule has 26 heavy (non-hydrogen) atoms. The highest BCUT2D eigenvalue weighted by Gasteiger charge is 2.25. The molecule has 1 amide bonds. The van der Waals surface area contributed by atoms with E-state index >= 15 is 0 Å². The third-order valence-corrected chi connectivity index (χ3v) is 4.54. The van der Waals surface area contributed by atoms with Crippen LogP contribution in [0.2, 0.25) is 0 Å². The van der Waals surface area contributed by atoms with Crippen LogP contribution < -0.4 is 5.84 Å². The molecule has 134 valence electrons. The molecule has 0 aromatic heterocycles. The Balaban J connectivity index is 1.69. The maximum absolute atomic E-state index is 12.4. The summed E-state index contributed by atoms with van der Waals surface area (Å²) in [7, 11) is 0. The number of benzene rings is 2. The SMILES string of the molecule is NN=Cc1cccc(CCc2ccc3c(c2)CCN(CC(=O)O)C3=O)c1. The van der Waals surface area contributed by atoms with E-state index in [1.165, 1.54) is 16.0 Å². The molecule has 6 nitrogen and oxygen atoms in total. The van der Waals surface area contributed by atoms with Crippen molar-refractivity contribution in [1.29, 1.82) is 0 Å². The molecular formula is C20H21N3O3. The van der Waals surface area contributed by atoms with Gasteiger partial charge in [0, 0.05) is 12.1 Å². The number of carboxylic acid groups (broad SMARTS) is 1. The van der Waals surface area contributed by atoms with Gasteiger partial charge in [0.2, 0.25) is 0 Å². The highest BCUT2D eigenvalue weighted by atomic mass is 16.4. The summed E-state index contributed by atoms with van der Waals surface area (Å²) < 4.78 is 0. The van der Waals surface area contributed by atoms with Crippen molar-refractivity contribution >= 4 is 18.1 Å². The molecule has 0 atom stereocenters. The van der Waals surface area contributed by atoms with Gasteiger partial charge in [0.15, 0.2) is 0 Å². The Hall–Kier alpha value is -3.15. The molecule has 0 spiro atoms. The average Bonchev–Trinajstić information content (AvgIpc) is 2.63. The molecule has 0 bridgehead atoms. The van der Waals surface area contributed by atoms with Crippen molar-refractivity contribution in [3.63, 3.8) is 0 Å². The van der Waals surface area contributed by atoms with Crippen molar-refractivity contribution in [3.8, 4) is 0 Å². The Morgan fingerprint density at radius 1 is 1.19 bits per heavy atom. The van der Waals surface area contributed by atoms with Gasteiger partial charge in [0.25, 0.3) is 5.91 Å². The van der Waals surface area contributed by atoms with Crippen LogP contribution in [0.15, 0.2) is 47.6 Å². The van der Waals surface area contributed by atoms with Gasteiger partial charge in [0.1, 0.15) is 6.54 Å². The van der Waals surface area contributed by atoms with Gasteiger partial charge in [-0.1, -0.05) is 36.4 Å². The molecule has 0 fully saturated rings. The van der Waals surface area contributed by atoms with E-state index in [9.17, 15) is 9.59 Å². The minimum Gasteiger partial charge on any atom is -0.480 e. The largest absolute Gasteiger partial charge is 0.480 e. The fraction of sp³-hybridized carbons (Fsp3) is 0.250. The molecule has 1 aliphatic rings. The van der Waals surface area contributed by atoms with E-state index < -0.39 is 5.97 Å². The van der Waals surface area contributed by atoms with Gasteiger partial charge in [-0.15, -0.1) is 0 Å². The number of hydrazone groups is 1. The molecule has 0 aliphatic carbocycles. The first-order valence-corrected chi connectivity index (χ1v) is 8.52. The standard InChI is InChI=1S/C20H21N3O3/c21-22-12-16-3-1-2-14(10-16)4-5-15-6-7-18-17(11-15)8-9-23(20(18)26)13-19(24)25/h1-3,6-7,10-12H,4-5,8-9,13,21H2,(H,24,25). The van der Waals surface area contributed by atoms with Crippen molar-refractivity contribution in [2.24, 2.45) is 10.9 Å². The van der Waals surface area contributed by atoms with Gasteiger partial charge < -0.3 is 15.8 Å². The minimum absolute atomic E-state index is 0.200. The van der Waals surface area contributed by atoms with Crippen LogP contribution in [0.1, 0.15) is 32.6 Å². The summed E-state index contributed by atoms with van der Waals surface area (Å²) in [6, 6.07) is 13.9. The van der Waals surface area contributed by atoms with E-state index in [2.05, 4.69) is 23.3 Å². The van der Waals surface area contributed by atoms with Crippen LogP contribution in [-0.4, -0.2) is 41.2 Å². The lowest BCUT2D eigenvalue weighted by Crippen LogP contribution is -2.40. The quantitative estimate of drug-likeness (QED) is 0.472. The summed E-state index contributed by atoms with van der Waals surface area (Å²) in [5.74, 6) is 4.01. The number of fused-ring (bicyclic) bond motifs is 1. The maximum atomic E-state index is 12.4. The zero-order valence-corrected chi connectivity index (χ0v) is 14.4. The van der Waals surface area contributed by atoms with Crippen LogP contribution in [0.4, 0.5) is 0 Å². The highest BCUT2D eigenvalue weighted by Crippen LogP contribution is 2.21. The van der Waals surface area contributed by atoms with Crippen molar-refractivity contribution in [3.05, 3.63) is 70.3 Å². The number of nitrogens with two attached hydrogens (primary N) is 1. The zero-order chi connectivity index (χ0) is 18.5. The smallest absolute Gasteiger partial charge is 0.323 e. The number of rotatable bonds is 6. The molecule has 0 radical (unpaired) electrons. The third kappa shape index (κ3) is 4.08. The van der Waals surface area contributed by atoms with Crippen molar-refractivity contribution in [1.82, 2.24) is 4.90 Å². The van der Waals surface area contributed by atoms with Crippen LogP contribution in [0.5, 0.6) is 0 Å². The number of aliphatic carboxylic acids is 1. The topological polar surface area (TPSA) is 96.0 Å². The van der Waals surface area contributed by atoms with Crippen LogP contribution in [0, 0.1) is 0 Å². The Kier molecular flexibility index (Phi) is 5.31. The van der Waals surface area contributed by atoms with Gasteiger partial charge >= 0.3 is 5.97 Å². The van der Waals surface area contributed by atoms with Gasteiger partial charge in [-0.2, -0.15) is 5.10 Å². The molecular weight excluding hydrogens is 330 g/mol. The summed E-state index contributed by atoms with van der Waals surface area (Å²) in [5, 5.41) is 12.4. The molecule has 2 aromatic carbocycles. The van der Waals surface area contributed by atoms with Crippen LogP contribution in [0.25, 0.3) is 0 Å². The van der Waals surface area contributed by atoms with Crippen LogP contribution >= 0.6 is 0 Å². The number of carbonyl (C=O) groups excluding carboxylic acids is 1. The van der Waals surface area contributed by atoms with Gasteiger partial charge in [-0.3, -0.25) is 9.59 Å². The number of carbonyl (C=O) groups is 2. The lowest BCUT2D eigenvalue weighted by atomic mass is 9.94. The number of aryl methyl sites for hydroxylation is 2. The normalized spacial score (nSPS) is 13.8. The van der Waals surface area contributed by atoms with E-state index in [1.807, 2.05) is 24.3 Å². The summed E-state index contributed by atoms with van der Waals surface area (Å²) in [6.45, 7) is 0.199. The van der Waals surface area contributed by atoms with E-state index in [0.29, 0.717) is 18.5 Å². The van der Waals surface area contributed by atoms with Crippen molar-refractivity contribution < 1.29 is 14.7 Å².